The van der Waals surface area contributed by atoms with Crippen molar-refractivity contribution in [3.05, 3.63) is 36.3 Å². The molecule has 1 amide bonds. The molecule has 1 atom stereocenters. The molecule has 5 heterocycles. The molecule has 1 saturated heterocycles. The number of ether oxygens (including phenoxy) is 1. The second-order valence-corrected chi connectivity index (χ2v) is 7.49. The van der Waals surface area contributed by atoms with Crippen molar-refractivity contribution in [2.45, 2.75) is 13.0 Å². The minimum absolute atomic E-state index is 0.0604. The quantitative estimate of drug-likeness (QED) is 0.474. The molecule has 2 N–H and O–H groups in total. The average Bonchev–Trinajstić information content (AvgIpc) is 3.27. The van der Waals surface area contributed by atoms with Gasteiger partial charge in [-0.05, 0) is 25.1 Å². The Morgan fingerprint density at radius 2 is 2.18 bits per heavy atom. The minimum Gasteiger partial charge on any atom is -0.434 e. The van der Waals surface area contributed by atoms with Crippen molar-refractivity contribution in [1.82, 2.24) is 19.9 Å². The monoisotopic (exact) mass is 454 g/mol. The van der Waals surface area contributed by atoms with Crippen LogP contribution >= 0.6 is 0 Å². The van der Waals surface area contributed by atoms with Crippen molar-refractivity contribution in [2.75, 3.05) is 36.5 Å². The van der Waals surface area contributed by atoms with Crippen molar-refractivity contribution in [3.63, 3.8) is 0 Å². The van der Waals surface area contributed by atoms with E-state index in [-0.39, 0.29) is 24.4 Å². The Labute approximate surface area is 186 Å². The van der Waals surface area contributed by atoms with Crippen LogP contribution < -0.4 is 10.2 Å². The molecule has 1 aliphatic rings. The fourth-order valence-corrected chi connectivity index (χ4v) is 3.77. The van der Waals surface area contributed by atoms with Crippen molar-refractivity contribution < 1.29 is 28.5 Å². The predicted octanol–water partition coefficient (Wildman–Crippen LogP) is 2.77. The van der Waals surface area contributed by atoms with E-state index in [2.05, 4.69) is 30.2 Å². The average molecular weight is 454 g/mol. The van der Waals surface area contributed by atoms with E-state index in [9.17, 15) is 14.4 Å². The van der Waals surface area contributed by atoms with Gasteiger partial charge in [-0.1, -0.05) is 0 Å². The van der Waals surface area contributed by atoms with E-state index in [0.29, 0.717) is 58.8 Å². The van der Waals surface area contributed by atoms with Crippen molar-refractivity contribution in [1.29, 1.82) is 0 Å². The number of nitrogens with one attached hydrogen (secondary N) is 1. The Hall–Kier alpha value is -3.90. The third kappa shape index (κ3) is 4.01. The Balaban J connectivity index is 1.54. The molecule has 170 valence electrons. The van der Waals surface area contributed by atoms with Gasteiger partial charge in [0, 0.05) is 46.5 Å². The van der Waals surface area contributed by atoms with Gasteiger partial charge in [0.05, 0.1) is 24.9 Å². The van der Waals surface area contributed by atoms with Gasteiger partial charge < -0.3 is 19.2 Å². The molecule has 33 heavy (non-hydrogen) atoms. The number of halogens is 1. The van der Waals surface area contributed by atoms with E-state index in [1.165, 1.54) is 6.20 Å². The van der Waals surface area contributed by atoms with Crippen LogP contribution in [-0.4, -0.2) is 63.5 Å². The highest BCUT2D eigenvalue weighted by Gasteiger charge is 2.22. The number of carbonyl (C=O) groups excluding carboxylic acids is 1. The SMILES string of the molecule is Cc1ncc(-c2nc3nc(N4CCO[C@H](CO)C4)ccc3o2)c2cc(NC(=O)OF)ncc12. The number of anilines is 2. The Kier molecular flexibility index (Phi) is 5.44. The number of hydrogen-bond donors (Lipinski definition) is 2. The molecule has 0 bridgehead atoms. The lowest BCUT2D eigenvalue weighted by molar-refractivity contribution is -0.0544. The number of hydrogen-bond acceptors (Lipinski definition) is 10. The topological polar surface area (TPSA) is 136 Å². The van der Waals surface area contributed by atoms with Gasteiger partial charge in [0.25, 0.3) is 0 Å². The summed E-state index contributed by atoms with van der Waals surface area (Å²) in [7, 11) is 0. The molecule has 4 aromatic heterocycles. The number of nitrogens with zero attached hydrogens (tertiary/aromatic N) is 5. The first-order valence-electron chi connectivity index (χ1n) is 10.2. The minimum atomic E-state index is -1.28. The van der Waals surface area contributed by atoms with Gasteiger partial charge in [-0.3, -0.25) is 10.3 Å². The molecule has 0 aromatic carbocycles. The smallest absolute Gasteiger partial charge is 0.434 e. The summed E-state index contributed by atoms with van der Waals surface area (Å²) in [6.07, 6.45) is 1.58. The summed E-state index contributed by atoms with van der Waals surface area (Å²) < 4.78 is 23.6. The Bertz CT molecular complexity index is 1350. The van der Waals surface area contributed by atoms with E-state index >= 15 is 0 Å². The summed E-state index contributed by atoms with van der Waals surface area (Å²) in [5.74, 6) is 1.09. The maximum Gasteiger partial charge on any atom is 0.450 e. The molecule has 11 nitrogen and oxygen atoms in total. The molecule has 0 unspecified atom stereocenters. The fraction of sp³-hybridized carbons (Fsp3) is 0.286. The Morgan fingerprint density at radius 1 is 1.30 bits per heavy atom. The third-order valence-corrected chi connectivity index (χ3v) is 5.41. The van der Waals surface area contributed by atoms with Gasteiger partial charge in [0.2, 0.25) is 11.5 Å². The van der Waals surface area contributed by atoms with Crippen molar-refractivity contribution in [2.24, 2.45) is 0 Å². The zero-order valence-corrected chi connectivity index (χ0v) is 17.5. The number of aromatic nitrogens is 4. The number of fused-ring (bicyclic) bond motifs is 2. The number of pyridine rings is 3. The first kappa shape index (κ1) is 21.0. The zero-order valence-electron chi connectivity index (χ0n) is 17.5. The van der Waals surface area contributed by atoms with Crippen LogP contribution in [0.25, 0.3) is 33.5 Å². The maximum absolute atomic E-state index is 12.1. The van der Waals surface area contributed by atoms with Crippen molar-refractivity contribution >= 4 is 39.7 Å². The molecule has 4 aromatic rings. The van der Waals surface area contributed by atoms with Gasteiger partial charge >= 0.3 is 6.09 Å². The van der Waals surface area contributed by atoms with Crippen LogP contribution in [0.15, 0.2) is 35.0 Å². The molecule has 0 aliphatic carbocycles. The van der Waals surface area contributed by atoms with Crippen LogP contribution in [-0.2, 0) is 9.68 Å². The highest BCUT2D eigenvalue weighted by molar-refractivity contribution is 5.98. The normalized spacial score (nSPS) is 16.3. The van der Waals surface area contributed by atoms with Crippen molar-refractivity contribution in [3.8, 4) is 11.5 Å². The van der Waals surface area contributed by atoms with Crippen LogP contribution in [0.4, 0.5) is 21.0 Å². The van der Waals surface area contributed by atoms with Gasteiger partial charge in [0.1, 0.15) is 11.6 Å². The number of rotatable bonds is 4. The number of aliphatic hydroxyl groups excluding tert-OH is 1. The van der Waals surface area contributed by atoms with Gasteiger partial charge in [0.15, 0.2) is 5.58 Å². The number of morpholine rings is 1. The molecule has 0 saturated carbocycles. The van der Waals surface area contributed by atoms with E-state index in [0.717, 1.165) is 0 Å². The lowest BCUT2D eigenvalue weighted by Gasteiger charge is -2.32. The van der Waals surface area contributed by atoms with E-state index in [1.807, 2.05) is 17.9 Å². The number of carbonyl (C=O) groups is 1. The van der Waals surface area contributed by atoms with Crippen LogP contribution in [0, 0.1) is 6.92 Å². The maximum atomic E-state index is 12.1. The third-order valence-electron chi connectivity index (χ3n) is 5.41. The second kappa shape index (κ2) is 8.56. The van der Waals surface area contributed by atoms with Crippen LogP contribution in [0.3, 0.4) is 0 Å². The van der Waals surface area contributed by atoms with Gasteiger partial charge in [-0.15, -0.1) is 0 Å². The number of oxazole rings is 1. The summed E-state index contributed by atoms with van der Waals surface area (Å²) in [6.45, 7) is 3.43. The molecule has 1 fully saturated rings. The number of amides is 1. The Morgan fingerprint density at radius 3 is 3.00 bits per heavy atom. The molecule has 1 aliphatic heterocycles. The number of aryl methyl sites for hydroxylation is 1. The second-order valence-electron chi connectivity index (χ2n) is 7.49. The van der Waals surface area contributed by atoms with E-state index in [1.54, 1.807) is 18.3 Å². The summed E-state index contributed by atoms with van der Waals surface area (Å²) in [4.78, 5) is 34.1. The zero-order chi connectivity index (χ0) is 22.9. The van der Waals surface area contributed by atoms with Crippen LogP contribution in [0.1, 0.15) is 5.69 Å². The van der Waals surface area contributed by atoms with E-state index in [4.69, 9.17) is 9.15 Å². The summed E-state index contributed by atoms with van der Waals surface area (Å²) >= 11 is 0. The molecule has 0 radical (unpaired) electrons. The molecule has 0 spiro atoms. The molecular weight excluding hydrogens is 435 g/mol. The van der Waals surface area contributed by atoms with Gasteiger partial charge in [-0.2, -0.15) is 4.98 Å². The van der Waals surface area contributed by atoms with E-state index < -0.39 is 6.09 Å². The fourth-order valence-electron chi connectivity index (χ4n) is 3.77. The predicted molar refractivity (Wildman–Crippen MR) is 115 cm³/mol. The first-order chi connectivity index (χ1) is 16.1. The lowest BCUT2D eigenvalue weighted by Crippen LogP contribution is -2.44. The standard InChI is InChI=1S/C21H19FN6O5/c1-11-14-7-24-17(25-21(30)33-22)6-13(14)15(8-23-11)20-27-19-16(32-20)2-3-18(26-19)28-4-5-31-12(9-28)10-29/h2-3,6-8,12,29H,4-5,9-10H2,1H3,(H,24,25,30)/t12-/m0/s1. The summed E-state index contributed by atoms with van der Waals surface area (Å²) in [5, 5.41) is 12.9. The van der Waals surface area contributed by atoms with Gasteiger partial charge in [-0.25, -0.2) is 19.7 Å². The highest BCUT2D eigenvalue weighted by atomic mass is 19.3. The van der Waals surface area contributed by atoms with Crippen LogP contribution in [0.2, 0.25) is 0 Å². The number of aliphatic hydroxyl groups is 1. The summed E-state index contributed by atoms with van der Waals surface area (Å²) in [6, 6.07) is 5.18. The lowest BCUT2D eigenvalue weighted by atomic mass is 10.1. The highest BCUT2D eigenvalue weighted by Crippen LogP contribution is 2.32. The largest absolute Gasteiger partial charge is 0.450 e. The van der Waals surface area contributed by atoms with Crippen LogP contribution in [0.5, 0.6) is 0 Å². The molecule has 12 heteroatoms. The molecule has 5 rings (SSSR count). The summed E-state index contributed by atoms with van der Waals surface area (Å²) in [5.41, 5.74) is 2.17. The first-order valence-corrected chi connectivity index (χ1v) is 10.2. The molecular formula is C21H19FN6O5.